The summed E-state index contributed by atoms with van der Waals surface area (Å²) < 4.78 is 13.3. The third-order valence-electron chi connectivity index (χ3n) is 3.51. The van der Waals surface area contributed by atoms with Crippen LogP contribution in [-0.4, -0.2) is 40.5 Å². The number of aliphatic hydroxyl groups is 1. The molecule has 1 atom stereocenters. The maximum absolute atomic E-state index is 13.3. The first-order valence-electron chi connectivity index (χ1n) is 6.40. The molecule has 0 unspecified atom stereocenters. The van der Waals surface area contributed by atoms with E-state index in [1.54, 1.807) is 13.0 Å². The minimum Gasteiger partial charge on any atom is -0.378 e. The summed E-state index contributed by atoms with van der Waals surface area (Å²) in [7, 11) is 0. The Balaban J connectivity index is 2.22. The van der Waals surface area contributed by atoms with Crippen LogP contribution in [0.5, 0.6) is 0 Å². The number of halogens is 1. The summed E-state index contributed by atoms with van der Waals surface area (Å²) >= 11 is 0. The van der Waals surface area contributed by atoms with E-state index in [-0.39, 0.29) is 18.5 Å². The van der Waals surface area contributed by atoms with Crippen LogP contribution in [0.3, 0.4) is 0 Å². The fraction of sp³-hybridized carbons (Fsp3) is 0.429. The van der Waals surface area contributed by atoms with Crippen LogP contribution in [0.25, 0.3) is 0 Å². The molecule has 0 spiro atoms. The number of carbonyl (C=O) groups is 2. The van der Waals surface area contributed by atoms with Gasteiger partial charge in [0.25, 0.3) is 11.8 Å². The predicted molar refractivity (Wildman–Crippen MR) is 70.4 cm³/mol. The second kappa shape index (κ2) is 5.20. The van der Waals surface area contributed by atoms with Gasteiger partial charge in [0.2, 0.25) is 0 Å². The van der Waals surface area contributed by atoms with Crippen LogP contribution in [0, 0.1) is 12.7 Å². The molecule has 1 aliphatic heterocycles. The molecule has 2 amide bonds. The number of carbonyl (C=O) groups excluding carboxylic acids is 2. The Labute approximate surface area is 116 Å². The van der Waals surface area contributed by atoms with Gasteiger partial charge in [-0.1, -0.05) is 0 Å². The molecule has 1 aromatic carbocycles. The molecule has 0 aromatic heterocycles. The molecule has 5 nitrogen and oxygen atoms in total. The summed E-state index contributed by atoms with van der Waals surface area (Å²) in [5.41, 5.74) is 4.31. The smallest absolute Gasteiger partial charge is 0.254 e. The number of primary amides is 1. The molecule has 1 fully saturated rings. The number of rotatable bonds is 2. The Bertz CT molecular complexity index is 541. The molecule has 2 rings (SSSR count). The van der Waals surface area contributed by atoms with E-state index in [4.69, 9.17) is 5.73 Å². The first-order valence-corrected chi connectivity index (χ1v) is 6.40. The number of nitrogens with zero attached hydrogens (tertiary/aromatic N) is 1. The van der Waals surface area contributed by atoms with Gasteiger partial charge in [0.05, 0.1) is 6.54 Å². The molecular weight excluding hydrogens is 263 g/mol. The van der Waals surface area contributed by atoms with Crippen molar-refractivity contribution in [3.8, 4) is 0 Å². The van der Waals surface area contributed by atoms with Crippen LogP contribution in [0.2, 0.25) is 0 Å². The number of β-amino-alcohol motifs (C(OH)–C–C–N with tert-alkyl or cyclic N) is 1. The topological polar surface area (TPSA) is 83.6 Å². The molecule has 1 saturated heterocycles. The van der Waals surface area contributed by atoms with Gasteiger partial charge in [-0.15, -0.1) is 0 Å². The van der Waals surface area contributed by atoms with Crippen molar-refractivity contribution in [3.05, 3.63) is 35.1 Å². The van der Waals surface area contributed by atoms with Crippen LogP contribution in [0.1, 0.15) is 28.8 Å². The fourth-order valence-corrected chi connectivity index (χ4v) is 2.45. The Hall–Kier alpha value is -1.95. The maximum Gasteiger partial charge on any atom is 0.254 e. The number of aryl methyl sites for hydroxylation is 1. The Kier molecular flexibility index (Phi) is 3.76. The molecule has 1 aromatic rings. The van der Waals surface area contributed by atoms with E-state index < -0.39 is 23.2 Å². The van der Waals surface area contributed by atoms with Crippen molar-refractivity contribution in [2.45, 2.75) is 25.4 Å². The highest BCUT2D eigenvalue weighted by Gasteiger charge is 2.40. The van der Waals surface area contributed by atoms with Gasteiger partial charge in [0, 0.05) is 12.1 Å². The lowest BCUT2D eigenvalue weighted by Crippen LogP contribution is -2.57. The van der Waals surface area contributed by atoms with Crippen molar-refractivity contribution in [3.63, 3.8) is 0 Å². The number of piperidine rings is 1. The van der Waals surface area contributed by atoms with Crippen molar-refractivity contribution < 1.29 is 19.1 Å². The van der Waals surface area contributed by atoms with E-state index in [2.05, 4.69) is 0 Å². The number of nitrogens with two attached hydrogens (primary N) is 1. The summed E-state index contributed by atoms with van der Waals surface area (Å²) in [6.45, 7) is 1.94. The SMILES string of the molecule is Cc1cc(F)cc(C(=O)N2CCC[C@](O)(C(N)=O)C2)c1. The first-order chi connectivity index (χ1) is 9.32. The first kappa shape index (κ1) is 14.5. The van der Waals surface area contributed by atoms with Crippen molar-refractivity contribution >= 4 is 11.8 Å². The number of likely N-dealkylation sites (tertiary alicyclic amines) is 1. The summed E-state index contributed by atoms with van der Waals surface area (Å²) in [4.78, 5) is 24.9. The monoisotopic (exact) mass is 280 g/mol. The van der Waals surface area contributed by atoms with Crippen molar-refractivity contribution in [2.24, 2.45) is 5.73 Å². The van der Waals surface area contributed by atoms with Gasteiger partial charge in [-0.25, -0.2) is 4.39 Å². The second-order valence-electron chi connectivity index (χ2n) is 5.24. The molecule has 0 aliphatic carbocycles. The zero-order valence-corrected chi connectivity index (χ0v) is 11.2. The number of amides is 2. The lowest BCUT2D eigenvalue weighted by atomic mass is 9.91. The summed E-state index contributed by atoms with van der Waals surface area (Å²) in [5.74, 6) is -1.74. The van der Waals surface area contributed by atoms with Crippen LogP contribution in [0.15, 0.2) is 18.2 Å². The molecule has 6 heteroatoms. The quantitative estimate of drug-likeness (QED) is 0.831. The van der Waals surface area contributed by atoms with Crippen molar-refractivity contribution in [1.29, 1.82) is 0 Å². The highest BCUT2D eigenvalue weighted by atomic mass is 19.1. The van der Waals surface area contributed by atoms with Gasteiger partial charge < -0.3 is 15.7 Å². The Morgan fingerprint density at radius 1 is 1.40 bits per heavy atom. The van der Waals surface area contributed by atoms with Crippen LogP contribution in [-0.2, 0) is 4.79 Å². The standard InChI is InChI=1S/C14H17FN2O3/c1-9-5-10(7-11(15)6-9)12(18)17-4-2-3-14(20,8-17)13(16)19/h5-7,20H,2-4,8H2,1H3,(H2,16,19)/t14-/m1/s1. The molecule has 108 valence electrons. The van der Waals surface area contributed by atoms with E-state index in [0.29, 0.717) is 18.5 Å². The molecular formula is C14H17FN2O3. The van der Waals surface area contributed by atoms with Gasteiger partial charge >= 0.3 is 0 Å². The number of hydrogen-bond donors (Lipinski definition) is 2. The summed E-state index contributed by atoms with van der Waals surface area (Å²) in [5, 5.41) is 10.1. The van der Waals surface area contributed by atoms with Gasteiger partial charge in [0.1, 0.15) is 5.82 Å². The largest absolute Gasteiger partial charge is 0.378 e. The van der Waals surface area contributed by atoms with Crippen LogP contribution in [0.4, 0.5) is 4.39 Å². The molecule has 1 heterocycles. The van der Waals surface area contributed by atoms with Gasteiger partial charge in [-0.3, -0.25) is 9.59 Å². The van der Waals surface area contributed by atoms with Crippen molar-refractivity contribution in [2.75, 3.05) is 13.1 Å². The molecule has 0 radical (unpaired) electrons. The third kappa shape index (κ3) is 2.80. The van der Waals surface area contributed by atoms with Crippen LogP contribution < -0.4 is 5.73 Å². The van der Waals surface area contributed by atoms with Gasteiger partial charge in [-0.05, 0) is 43.5 Å². The fourth-order valence-electron chi connectivity index (χ4n) is 2.45. The zero-order chi connectivity index (χ0) is 14.9. The predicted octanol–water partition coefficient (Wildman–Crippen LogP) is 0.587. The van der Waals surface area contributed by atoms with Gasteiger partial charge in [-0.2, -0.15) is 0 Å². The minimum absolute atomic E-state index is 0.156. The molecule has 0 saturated carbocycles. The van der Waals surface area contributed by atoms with Gasteiger partial charge in [0.15, 0.2) is 5.60 Å². The van der Waals surface area contributed by atoms with Crippen molar-refractivity contribution in [1.82, 2.24) is 4.90 Å². The molecule has 1 aliphatic rings. The zero-order valence-electron chi connectivity index (χ0n) is 11.2. The molecule has 3 N–H and O–H groups in total. The lowest BCUT2D eigenvalue weighted by molar-refractivity contribution is -0.140. The Morgan fingerprint density at radius 3 is 2.70 bits per heavy atom. The summed E-state index contributed by atoms with van der Waals surface area (Å²) in [6, 6.07) is 4.04. The van der Waals surface area contributed by atoms with E-state index in [0.717, 1.165) is 6.07 Å². The Morgan fingerprint density at radius 2 is 2.10 bits per heavy atom. The molecule has 0 bridgehead atoms. The number of benzene rings is 1. The van der Waals surface area contributed by atoms with E-state index in [9.17, 15) is 19.1 Å². The maximum atomic E-state index is 13.3. The van der Waals surface area contributed by atoms with E-state index in [1.807, 2.05) is 0 Å². The third-order valence-corrected chi connectivity index (χ3v) is 3.51. The van der Waals surface area contributed by atoms with Crippen LogP contribution >= 0.6 is 0 Å². The number of hydrogen-bond acceptors (Lipinski definition) is 3. The van der Waals surface area contributed by atoms with E-state index >= 15 is 0 Å². The summed E-state index contributed by atoms with van der Waals surface area (Å²) in [6.07, 6.45) is 0.702. The lowest BCUT2D eigenvalue weighted by Gasteiger charge is -2.37. The highest BCUT2D eigenvalue weighted by Crippen LogP contribution is 2.23. The average Bonchev–Trinajstić information content (AvgIpc) is 2.36. The molecule has 20 heavy (non-hydrogen) atoms. The normalized spacial score (nSPS) is 22.6. The average molecular weight is 280 g/mol. The highest BCUT2D eigenvalue weighted by molar-refractivity contribution is 5.95. The second-order valence-corrected chi connectivity index (χ2v) is 5.24. The minimum atomic E-state index is -1.70. The van der Waals surface area contributed by atoms with E-state index in [1.165, 1.54) is 11.0 Å².